The van der Waals surface area contributed by atoms with Crippen molar-refractivity contribution in [2.75, 3.05) is 24.6 Å². The number of carbonyl (C=O) groups excluding carboxylic acids is 2. The minimum atomic E-state index is -3.71. The van der Waals surface area contributed by atoms with Crippen LogP contribution in [0, 0.1) is 6.92 Å². The number of aryl methyl sites for hydroxylation is 1. The van der Waals surface area contributed by atoms with Crippen LogP contribution in [-0.2, 0) is 24.3 Å². The van der Waals surface area contributed by atoms with Gasteiger partial charge in [-0.2, -0.15) is 0 Å². The molecule has 0 radical (unpaired) electrons. The lowest BCUT2D eigenvalue weighted by atomic mass is 10.1. The van der Waals surface area contributed by atoms with E-state index in [1.807, 2.05) is 44.2 Å². The van der Waals surface area contributed by atoms with Crippen molar-refractivity contribution in [1.29, 1.82) is 0 Å². The number of nitrogens with zero attached hydrogens (tertiary/aromatic N) is 1. The lowest BCUT2D eigenvalue weighted by Crippen LogP contribution is -2.31. The van der Waals surface area contributed by atoms with Gasteiger partial charge >= 0.3 is 5.97 Å². The number of esters is 1. The number of sulfonamides is 1. The quantitative estimate of drug-likeness (QED) is 0.430. The first kappa shape index (κ1) is 25.8. The molecule has 0 aliphatic heterocycles. The second-order valence-corrected chi connectivity index (χ2v) is 9.90. The van der Waals surface area contributed by atoms with Gasteiger partial charge in [-0.3, -0.25) is 9.10 Å². The lowest BCUT2D eigenvalue weighted by Gasteiger charge is -2.20. The van der Waals surface area contributed by atoms with Crippen LogP contribution in [0.3, 0.4) is 0 Å². The molecule has 1 atom stereocenters. The Labute approximate surface area is 205 Å². The summed E-state index contributed by atoms with van der Waals surface area (Å²) in [7, 11) is -2.24. The molecular formula is C26H28N2O6S. The van der Waals surface area contributed by atoms with Gasteiger partial charge in [-0.1, -0.05) is 48.0 Å². The highest BCUT2D eigenvalue weighted by molar-refractivity contribution is 7.92. The van der Waals surface area contributed by atoms with Gasteiger partial charge in [0.25, 0.3) is 15.9 Å². The minimum absolute atomic E-state index is 0.191. The Morgan fingerprint density at radius 1 is 0.914 bits per heavy atom. The summed E-state index contributed by atoms with van der Waals surface area (Å²) in [5.41, 5.74) is 2.34. The molecule has 0 heterocycles. The van der Waals surface area contributed by atoms with Gasteiger partial charge < -0.3 is 14.8 Å². The number of amides is 1. The first-order chi connectivity index (χ1) is 16.7. The maximum Gasteiger partial charge on any atom is 0.344 e. The molecule has 9 heteroatoms. The van der Waals surface area contributed by atoms with Crippen LogP contribution in [0.2, 0.25) is 0 Å². The number of rotatable bonds is 10. The van der Waals surface area contributed by atoms with Crippen LogP contribution in [-0.4, -0.2) is 40.6 Å². The molecule has 0 spiro atoms. The van der Waals surface area contributed by atoms with Crippen molar-refractivity contribution in [3.05, 3.63) is 90.0 Å². The van der Waals surface area contributed by atoms with Gasteiger partial charge in [0.15, 0.2) is 13.2 Å². The summed E-state index contributed by atoms with van der Waals surface area (Å²) in [4.78, 5) is 24.2. The molecular weight excluding hydrogens is 468 g/mol. The maximum atomic E-state index is 12.8. The molecule has 3 aromatic carbocycles. The van der Waals surface area contributed by atoms with Gasteiger partial charge in [0.2, 0.25) is 0 Å². The number of nitrogens with one attached hydrogen (secondary N) is 1. The second kappa shape index (κ2) is 11.5. The zero-order valence-electron chi connectivity index (χ0n) is 19.8. The Morgan fingerprint density at radius 2 is 1.54 bits per heavy atom. The Morgan fingerprint density at radius 3 is 2.17 bits per heavy atom. The van der Waals surface area contributed by atoms with E-state index in [2.05, 4.69) is 5.32 Å². The number of hydrogen-bond donors (Lipinski definition) is 1. The van der Waals surface area contributed by atoms with Gasteiger partial charge in [-0.15, -0.1) is 0 Å². The first-order valence-corrected chi connectivity index (χ1v) is 12.4. The molecule has 0 fully saturated rings. The zero-order valence-corrected chi connectivity index (χ0v) is 20.6. The smallest absolute Gasteiger partial charge is 0.344 e. The molecule has 0 aliphatic rings. The average Bonchev–Trinajstić information content (AvgIpc) is 2.87. The van der Waals surface area contributed by atoms with Gasteiger partial charge in [0.05, 0.1) is 16.6 Å². The predicted octanol–water partition coefficient (Wildman–Crippen LogP) is 3.62. The van der Waals surface area contributed by atoms with E-state index in [-0.39, 0.29) is 10.9 Å². The fourth-order valence-electron chi connectivity index (χ4n) is 3.20. The topological polar surface area (TPSA) is 102 Å². The van der Waals surface area contributed by atoms with E-state index >= 15 is 0 Å². The van der Waals surface area contributed by atoms with Crippen LogP contribution < -0.4 is 14.4 Å². The lowest BCUT2D eigenvalue weighted by molar-refractivity contribution is -0.150. The maximum absolute atomic E-state index is 12.8. The van der Waals surface area contributed by atoms with Crippen molar-refractivity contribution in [2.24, 2.45) is 0 Å². The third-order valence-corrected chi connectivity index (χ3v) is 7.08. The molecule has 0 unspecified atom stereocenters. The highest BCUT2D eigenvalue weighted by Crippen LogP contribution is 2.24. The molecule has 3 aromatic rings. The number of anilines is 1. The van der Waals surface area contributed by atoms with E-state index in [0.29, 0.717) is 11.4 Å². The number of carbonyl (C=O) groups is 2. The second-order valence-electron chi connectivity index (χ2n) is 7.93. The largest absolute Gasteiger partial charge is 0.482 e. The van der Waals surface area contributed by atoms with E-state index in [9.17, 15) is 18.0 Å². The molecule has 0 bridgehead atoms. The van der Waals surface area contributed by atoms with E-state index in [1.54, 1.807) is 48.5 Å². The number of hydrogen-bond acceptors (Lipinski definition) is 6. The first-order valence-electron chi connectivity index (χ1n) is 10.9. The van der Waals surface area contributed by atoms with Gasteiger partial charge in [-0.25, -0.2) is 13.2 Å². The molecule has 0 aromatic heterocycles. The van der Waals surface area contributed by atoms with Crippen molar-refractivity contribution >= 4 is 27.6 Å². The van der Waals surface area contributed by atoms with E-state index in [0.717, 1.165) is 11.1 Å². The summed E-state index contributed by atoms with van der Waals surface area (Å²) >= 11 is 0. The minimum Gasteiger partial charge on any atom is -0.482 e. The molecule has 1 amide bonds. The zero-order chi connectivity index (χ0) is 25.4. The molecule has 184 valence electrons. The summed E-state index contributed by atoms with van der Waals surface area (Å²) < 4.78 is 37.2. The van der Waals surface area contributed by atoms with Crippen LogP contribution in [0.15, 0.2) is 83.8 Å². The highest BCUT2D eigenvalue weighted by Gasteiger charge is 2.21. The van der Waals surface area contributed by atoms with Crippen LogP contribution in [0.5, 0.6) is 5.75 Å². The van der Waals surface area contributed by atoms with Crippen LogP contribution in [0.4, 0.5) is 5.69 Å². The van der Waals surface area contributed by atoms with Crippen molar-refractivity contribution in [2.45, 2.75) is 24.8 Å². The molecule has 3 rings (SSSR count). The van der Waals surface area contributed by atoms with Crippen LogP contribution >= 0.6 is 0 Å². The third-order valence-electron chi connectivity index (χ3n) is 5.28. The average molecular weight is 497 g/mol. The van der Waals surface area contributed by atoms with Crippen molar-refractivity contribution < 1.29 is 27.5 Å². The summed E-state index contributed by atoms with van der Waals surface area (Å²) in [6, 6.07) is 22.1. The van der Waals surface area contributed by atoms with E-state index in [1.165, 1.54) is 11.4 Å². The predicted molar refractivity (Wildman–Crippen MR) is 133 cm³/mol. The fourth-order valence-corrected chi connectivity index (χ4v) is 4.39. The SMILES string of the molecule is Cc1ccc(S(=O)(=O)N(C)c2ccc(OCC(=O)OCC(=O)N[C@H](C)c3ccccc3)cc2)cc1. The van der Waals surface area contributed by atoms with Gasteiger partial charge in [0.1, 0.15) is 5.75 Å². The van der Waals surface area contributed by atoms with Crippen LogP contribution in [0.25, 0.3) is 0 Å². The van der Waals surface area contributed by atoms with E-state index < -0.39 is 35.1 Å². The van der Waals surface area contributed by atoms with Crippen molar-refractivity contribution in [1.82, 2.24) is 5.32 Å². The monoisotopic (exact) mass is 496 g/mol. The fraction of sp³-hybridized carbons (Fsp3) is 0.231. The summed E-state index contributed by atoms with van der Waals surface area (Å²) in [5, 5.41) is 2.76. The Bertz CT molecular complexity index is 1240. The number of ether oxygens (including phenoxy) is 2. The summed E-state index contributed by atoms with van der Waals surface area (Å²) in [5.74, 6) is -0.762. The van der Waals surface area contributed by atoms with Crippen molar-refractivity contribution in [3.63, 3.8) is 0 Å². The van der Waals surface area contributed by atoms with E-state index in [4.69, 9.17) is 9.47 Å². The Kier molecular flexibility index (Phi) is 8.48. The Balaban J connectivity index is 1.47. The molecule has 8 nitrogen and oxygen atoms in total. The normalized spacial score (nSPS) is 11.9. The van der Waals surface area contributed by atoms with Crippen molar-refractivity contribution in [3.8, 4) is 5.75 Å². The molecule has 35 heavy (non-hydrogen) atoms. The third kappa shape index (κ3) is 7.07. The molecule has 0 saturated carbocycles. The summed E-state index contributed by atoms with van der Waals surface area (Å²) in [6.07, 6.45) is 0. The highest BCUT2D eigenvalue weighted by atomic mass is 32.2. The van der Waals surface area contributed by atoms with Gasteiger partial charge in [-0.05, 0) is 55.8 Å². The van der Waals surface area contributed by atoms with Gasteiger partial charge in [0, 0.05) is 7.05 Å². The molecule has 0 saturated heterocycles. The molecule has 1 N–H and O–H groups in total. The Hall–Kier alpha value is -3.85. The number of benzene rings is 3. The van der Waals surface area contributed by atoms with Crippen LogP contribution in [0.1, 0.15) is 24.1 Å². The molecule has 0 aliphatic carbocycles. The summed E-state index contributed by atoms with van der Waals surface area (Å²) in [6.45, 7) is 2.92. The standard InChI is InChI=1S/C26H28N2O6S/c1-19-9-15-24(16-10-19)35(31,32)28(3)22-11-13-23(14-12-22)33-18-26(30)34-17-25(29)27-20(2)21-7-5-4-6-8-21/h4-16,20H,17-18H2,1-3H3,(H,27,29)/t20-/m1/s1.